The number of benzene rings is 2. The molecular formula is C30H39ClN6O4. The van der Waals surface area contributed by atoms with Crippen LogP contribution >= 0.6 is 11.6 Å². The van der Waals surface area contributed by atoms with Gasteiger partial charge in [-0.3, -0.25) is 14.6 Å². The lowest BCUT2D eigenvalue weighted by Gasteiger charge is -2.39. The van der Waals surface area contributed by atoms with E-state index in [4.69, 9.17) is 26.8 Å². The fourth-order valence-corrected chi connectivity index (χ4v) is 4.98. The summed E-state index contributed by atoms with van der Waals surface area (Å²) < 4.78 is 11.1. The number of aromatic amines is 1. The molecule has 2 aromatic carbocycles. The normalized spacial score (nSPS) is 16.6. The molecule has 3 aromatic rings. The van der Waals surface area contributed by atoms with Crippen LogP contribution in [0.1, 0.15) is 29.8 Å². The fourth-order valence-electron chi connectivity index (χ4n) is 4.85. The highest BCUT2D eigenvalue weighted by atomic mass is 35.5. The standard InChI is InChI=1S/C30H39ClN6O4/c1-22(32)29(38)35-27(19-26-20-33-21-34-26)30(39)41-18-17-40-16-15-36-11-13-37(14-12-36)28(23-5-3-2-4-6-23)24-7-9-25(31)10-8-24/h2-10,20-22,27-28H,11-19,32H2,1H3,(H,33,34)(H,35,38)/t22-,27-,28?/m0/s1. The highest BCUT2D eigenvalue weighted by molar-refractivity contribution is 6.30. The van der Waals surface area contributed by atoms with E-state index in [1.54, 1.807) is 13.1 Å². The van der Waals surface area contributed by atoms with Gasteiger partial charge >= 0.3 is 5.97 Å². The summed E-state index contributed by atoms with van der Waals surface area (Å²) in [6.07, 6.45) is 3.34. The second-order valence-electron chi connectivity index (χ2n) is 10.2. The van der Waals surface area contributed by atoms with Crippen molar-refractivity contribution in [1.82, 2.24) is 25.1 Å². The van der Waals surface area contributed by atoms with Gasteiger partial charge in [-0.2, -0.15) is 0 Å². The molecule has 11 heteroatoms. The van der Waals surface area contributed by atoms with Crippen molar-refractivity contribution >= 4 is 23.5 Å². The molecule has 10 nitrogen and oxygen atoms in total. The number of imidazole rings is 1. The van der Waals surface area contributed by atoms with E-state index >= 15 is 0 Å². The molecule has 1 saturated heterocycles. The summed E-state index contributed by atoms with van der Waals surface area (Å²) in [5.41, 5.74) is 8.85. The van der Waals surface area contributed by atoms with E-state index in [1.807, 2.05) is 18.2 Å². The number of nitrogens with zero attached hydrogens (tertiary/aromatic N) is 3. The van der Waals surface area contributed by atoms with Crippen LogP contribution in [0.15, 0.2) is 67.1 Å². The average molecular weight is 583 g/mol. The van der Waals surface area contributed by atoms with Crippen molar-refractivity contribution in [2.75, 3.05) is 52.5 Å². The third kappa shape index (κ3) is 9.37. The summed E-state index contributed by atoms with van der Waals surface area (Å²) in [5.74, 6) is -0.965. The second kappa shape index (κ2) is 15.6. The number of aromatic nitrogens is 2. The molecule has 0 radical (unpaired) electrons. The van der Waals surface area contributed by atoms with Crippen molar-refractivity contribution in [3.8, 4) is 0 Å². The number of amides is 1. The number of H-pyrrole nitrogens is 1. The van der Waals surface area contributed by atoms with Crippen LogP contribution in [0.4, 0.5) is 0 Å². The number of hydrogen-bond donors (Lipinski definition) is 3. The number of esters is 1. The second-order valence-corrected chi connectivity index (χ2v) is 10.6. The van der Waals surface area contributed by atoms with Crippen LogP contribution in [-0.2, 0) is 25.5 Å². The van der Waals surface area contributed by atoms with Gasteiger partial charge in [0.1, 0.15) is 12.6 Å². The zero-order valence-electron chi connectivity index (χ0n) is 23.4. The maximum absolute atomic E-state index is 12.6. The lowest BCUT2D eigenvalue weighted by atomic mass is 9.96. The molecule has 2 heterocycles. The van der Waals surface area contributed by atoms with Crippen LogP contribution in [0.3, 0.4) is 0 Å². The summed E-state index contributed by atoms with van der Waals surface area (Å²) >= 11 is 6.15. The first-order valence-electron chi connectivity index (χ1n) is 13.9. The van der Waals surface area contributed by atoms with Crippen LogP contribution in [-0.4, -0.2) is 96.3 Å². The highest BCUT2D eigenvalue weighted by Crippen LogP contribution is 2.30. The molecule has 0 spiro atoms. The van der Waals surface area contributed by atoms with Gasteiger partial charge in [-0.15, -0.1) is 0 Å². The zero-order chi connectivity index (χ0) is 29.0. The largest absolute Gasteiger partial charge is 0.462 e. The first-order valence-corrected chi connectivity index (χ1v) is 14.3. The maximum atomic E-state index is 12.6. The van der Waals surface area contributed by atoms with Crippen molar-refractivity contribution in [2.24, 2.45) is 5.73 Å². The van der Waals surface area contributed by atoms with E-state index in [0.29, 0.717) is 12.3 Å². The van der Waals surface area contributed by atoms with E-state index in [1.165, 1.54) is 17.5 Å². The van der Waals surface area contributed by atoms with Crippen molar-refractivity contribution < 1.29 is 19.1 Å². The van der Waals surface area contributed by atoms with Gasteiger partial charge in [0.05, 0.1) is 31.6 Å². The predicted octanol–water partition coefficient (Wildman–Crippen LogP) is 2.40. The minimum atomic E-state index is -0.863. The van der Waals surface area contributed by atoms with Gasteiger partial charge in [-0.1, -0.05) is 54.1 Å². The monoisotopic (exact) mass is 582 g/mol. The van der Waals surface area contributed by atoms with Gasteiger partial charge in [-0.05, 0) is 30.2 Å². The molecule has 1 aliphatic heterocycles. The Bertz CT molecular complexity index is 1200. The molecule has 1 unspecified atom stereocenters. The summed E-state index contributed by atoms with van der Waals surface area (Å²) in [4.78, 5) is 36.5. The van der Waals surface area contributed by atoms with E-state index < -0.39 is 24.0 Å². The Hall–Kier alpha value is -3.28. The van der Waals surface area contributed by atoms with Crippen molar-refractivity contribution in [3.05, 3.63) is 89.0 Å². The van der Waals surface area contributed by atoms with Crippen molar-refractivity contribution in [1.29, 1.82) is 0 Å². The third-order valence-corrected chi connectivity index (χ3v) is 7.34. The first-order chi connectivity index (χ1) is 19.9. The summed E-state index contributed by atoms with van der Waals surface area (Å²) in [5, 5.41) is 3.38. The van der Waals surface area contributed by atoms with Crippen LogP contribution in [0.2, 0.25) is 5.02 Å². The smallest absolute Gasteiger partial charge is 0.329 e. The lowest BCUT2D eigenvalue weighted by molar-refractivity contribution is -0.149. The van der Waals surface area contributed by atoms with Gasteiger partial charge in [0.2, 0.25) is 5.91 Å². The summed E-state index contributed by atoms with van der Waals surface area (Å²) in [6, 6.07) is 17.3. The molecule has 1 aliphatic rings. The first kappa shape index (κ1) is 30.7. The van der Waals surface area contributed by atoms with Gasteiger partial charge in [-0.25, -0.2) is 9.78 Å². The minimum Gasteiger partial charge on any atom is -0.462 e. The number of hydrogen-bond acceptors (Lipinski definition) is 8. The molecular weight excluding hydrogens is 544 g/mol. The third-order valence-electron chi connectivity index (χ3n) is 7.09. The molecule has 0 bridgehead atoms. The van der Waals surface area contributed by atoms with E-state index in [-0.39, 0.29) is 25.7 Å². The van der Waals surface area contributed by atoms with Gasteiger partial charge < -0.3 is 25.5 Å². The molecule has 1 amide bonds. The molecule has 3 atom stereocenters. The Balaban J connectivity index is 1.18. The lowest BCUT2D eigenvalue weighted by Crippen LogP contribution is -2.49. The van der Waals surface area contributed by atoms with Crippen molar-refractivity contribution in [3.63, 3.8) is 0 Å². The number of nitrogens with one attached hydrogen (secondary N) is 2. The zero-order valence-corrected chi connectivity index (χ0v) is 24.1. The van der Waals surface area contributed by atoms with E-state index in [0.717, 1.165) is 37.7 Å². The van der Waals surface area contributed by atoms with E-state index in [9.17, 15) is 9.59 Å². The van der Waals surface area contributed by atoms with Crippen molar-refractivity contribution in [2.45, 2.75) is 31.5 Å². The summed E-state index contributed by atoms with van der Waals surface area (Å²) in [7, 11) is 0. The number of ether oxygens (including phenoxy) is 2. The Labute approximate surface area is 246 Å². The molecule has 4 N–H and O–H groups in total. The van der Waals surface area contributed by atoms with Gasteiger partial charge in [0.15, 0.2) is 0 Å². The predicted molar refractivity (Wildman–Crippen MR) is 157 cm³/mol. The van der Waals surface area contributed by atoms with Crippen LogP contribution < -0.4 is 11.1 Å². The molecule has 41 heavy (non-hydrogen) atoms. The molecule has 0 aliphatic carbocycles. The number of rotatable bonds is 14. The summed E-state index contributed by atoms with van der Waals surface area (Å²) in [6.45, 7) is 7.00. The molecule has 1 aromatic heterocycles. The minimum absolute atomic E-state index is 0.0972. The SMILES string of the molecule is C[C@H](N)C(=O)N[C@@H](Cc1cnc[nH]1)C(=O)OCCOCCN1CCN(C(c2ccccc2)c2ccc(Cl)cc2)CC1. The fraction of sp³-hybridized carbons (Fsp3) is 0.433. The number of nitrogens with two attached hydrogens (primary N) is 1. The molecule has 1 fully saturated rings. The van der Waals surface area contributed by atoms with Crippen LogP contribution in [0, 0.1) is 0 Å². The quantitative estimate of drug-likeness (QED) is 0.195. The molecule has 220 valence electrons. The Kier molecular flexibility index (Phi) is 11.7. The number of halogens is 1. The Morgan fingerprint density at radius 3 is 2.39 bits per heavy atom. The van der Waals surface area contributed by atoms with Gasteiger partial charge in [0.25, 0.3) is 0 Å². The number of piperazine rings is 1. The molecule has 4 rings (SSSR count). The average Bonchev–Trinajstić information content (AvgIpc) is 3.50. The maximum Gasteiger partial charge on any atom is 0.329 e. The Morgan fingerprint density at radius 2 is 1.73 bits per heavy atom. The van der Waals surface area contributed by atoms with Crippen LogP contribution in [0.25, 0.3) is 0 Å². The van der Waals surface area contributed by atoms with Gasteiger partial charge in [0, 0.05) is 56.1 Å². The highest BCUT2D eigenvalue weighted by Gasteiger charge is 2.27. The molecule has 0 saturated carbocycles. The number of carbonyl (C=O) groups is 2. The van der Waals surface area contributed by atoms with Crippen LogP contribution in [0.5, 0.6) is 0 Å². The Morgan fingerprint density at radius 1 is 1.02 bits per heavy atom. The van der Waals surface area contributed by atoms with E-state index in [2.05, 4.69) is 61.5 Å². The number of carbonyl (C=O) groups excluding carboxylic acids is 2. The topological polar surface area (TPSA) is 126 Å².